The van der Waals surface area contributed by atoms with E-state index in [-0.39, 0.29) is 6.54 Å². The van der Waals surface area contributed by atoms with Crippen LogP contribution in [0.1, 0.15) is 11.1 Å². The molecule has 0 fully saturated rings. The summed E-state index contributed by atoms with van der Waals surface area (Å²) < 4.78 is 42.5. The molecule has 0 radical (unpaired) electrons. The van der Waals surface area contributed by atoms with Crippen LogP contribution in [0.15, 0.2) is 29.3 Å². The predicted molar refractivity (Wildman–Crippen MR) is 69.8 cm³/mol. The summed E-state index contributed by atoms with van der Waals surface area (Å²) in [7, 11) is 1.55. The van der Waals surface area contributed by atoms with Gasteiger partial charge in [-0.05, 0) is 17.7 Å². The van der Waals surface area contributed by atoms with Gasteiger partial charge in [-0.25, -0.2) is 10.8 Å². The van der Waals surface area contributed by atoms with E-state index in [0.717, 1.165) is 12.1 Å². The number of alkyl halides is 3. The number of nitrogens with zero attached hydrogens (tertiary/aromatic N) is 1. The number of hydrogen-bond acceptors (Lipinski definition) is 3. The molecule has 0 spiro atoms. The number of aliphatic imine (C=N–C) groups is 1. The molecule has 0 heterocycles. The highest BCUT2D eigenvalue weighted by Crippen LogP contribution is 2.29. The van der Waals surface area contributed by atoms with Gasteiger partial charge in [0.2, 0.25) is 5.96 Å². The third-order valence-electron chi connectivity index (χ3n) is 2.41. The van der Waals surface area contributed by atoms with E-state index in [9.17, 15) is 13.2 Å². The predicted octanol–water partition coefficient (Wildman–Crippen LogP) is 1.26. The number of guanidine groups is 1. The molecule has 8 heteroatoms. The normalized spacial score (nSPS) is 12.3. The van der Waals surface area contributed by atoms with Gasteiger partial charge in [0.1, 0.15) is 0 Å². The Morgan fingerprint density at radius 1 is 1.40 bits per heavy atom. The molecule has 0 saturated heterocycles. The lowest BCUT2D eigenvalue weighted by Crippen LogP contribution is -2.42. The van der Waals surface area contributed by atoms with Crippen molar-refractivity contribution >= 4 is 5.96 Å². The van der Waals surface area contributed by atoms with Crippen LogP contribution in [0.3, 0.4) is 0 Å². The molecule has 112 valence electrons. The van der Waals surface area contributed by atoms with E-state index in [1.54, 1.807) is 13.2 Å². The number of benzene rings is 1. The highest BCUT2D eigenvalue weighted by molar-refractivity contribution is 5.79. The van der Waals surface area contributed by atoms with E-state index < -0.39 is 11.7 Å². The van der Waals surface area contributed by atoms with Crippen LogP contribution in [0, 0.1) is 0 Å². The minimum Gasteiger partial charge on any atom is -0.383 e. The van der Waals surface area contributed by atoms with Crippen LogP contribution in [0.4, 0.5) is 13.2 Å². The molecule has 0 amide bonds. The molecule has 0 aliphatic carbocycles. The smallest absolute Gasteiger partial charge is 0.383 e. The molecule has 0 bridgehead atoms. The minimum absolute atomic E-state index is 0.0867. The highest BCUT2D eigenvalue weighted by Gasteiger charge is 2.30. The van der Waals surface area contributed by atoms with Crippen molar-refractivity contribution in [3.05, 3.63) is 35.4 Å². The van der Waals surface area contributed by atoms with Crippen LogP contribution in [-0.2, 0) is 17.5 Å². The maximum absolute atomic E-state index is 12.5. The van der Waals surface area contributed by atoms with Gasteiger partial charge in [-0.1, -0.05) is 12.1 Å². The summed E-state index contributed by atoms with van der Waals surface area (Å²) in [4.78, 5) is 4.05. The maximum atomic E-state index is 12.5. The lowest BCUT2D eigenvalue weighted by atomic mass is 10.1. The Kier molecular flexibility index (Phi) is 6.26. The molecule has 1 aromatic rings. The fourth-order valence-electron chi connectivity index (χ4n) is 1.44. The SMILES string of the molecule is COCCNC(=NCc1cccc(C(F)(F)F)c1)NN. The lowest BCUT2D eigenvalue weighted by molar-refractivity contribution is -0.137. The number of hydrazine groups is 1. The van der Waals surface area contributed by atoms with E-state index in [4.69, 9.17) is 10.6 Å². The second-order valence-corrected chi connectivity index (χ2v) is 3.93. The second-order valence-electron chi connectivity index (χ2n) is 3.93. The number of nitrogens with two attached hydrogens (primary N) is 1. The molecule has 0 atom stereocenters. The van der Waals surface area contributed by atoms with Crippen molar-refractivity contribution in [3.63, 3.8) is 0 Å². The first-order valence-electron chi connectivity index (χ1n) is 5.87. The van der Waals surface area contributed by atoms with Crippen molar-refractivity contribution in [2.24, 2.45) is 10.8 Å². The van der Waals surface area contributed by atoms with Crippen LogP contribution in [-0.4, -0.2) is 26.2 Å². The minimum atomic E-state index is -4.36. The highest BCUT2D eigenvalue weighted by atomic mass is 19.4. The van der Waals surface area contributed by atoms with Crippen molar-refractivity contribution in [3.8, 4) is 0 Å². The quantitative estimate of drug-likeness (QED) is 0.251. The van der Waals surface area contributed by atoms with E-state index >= 15 is 0 Å². The molecule has 0 saturated carbocycles. The number of nitrogens with one attached hydrogen (secondary N) is 2. The van der Waals surface area contributed by atoms with Crippen molar-refractivity contribution < 1.29 is 17.9 Å². The average Bonchev–Trinajstić information content (AvgIpc) is 2.42. The molecular weight excluding hydrogens is 273 g/mol. The Labute approximate surface area is 115 Å². The van der Waals surface area contributed by atoms with Gasteiger partial charge >= 0.3 is 6.18 Å². The molecule has 0 aliphatic heterocycles. The fourth-order valence-corrected chi connectivity index (χ4v) is 1.44. The molecule has 1 aromatic carbocycles. The molecular formula is C12H17F3N4O. The monoisotopic (exact) mass is 290 g/mol. The zero-order valence-electron chi connectivity index (χ0n) is 11.0. The summed E-state index contributed by atoms with van der Waals surface area (Å²) in [6.45, 7) is 1.04. The molecule has 1 rings (SSSR count). The first kappa shape index (κ1) is 16.3. The topological polar surface area (TPSA) is 71.7 Å². The van der Waals surface area contributed by atoms with Crippen molar-refractivity contribution in [2.75, 3.05) is 20.3 Å². The van der Waals surface area contributed by atoms with Gasteiger partial charge in [0.25, 0.3) is 0 Å². The number of methoxy groups -OCH3 is 1. The standard InChI is InChI=1S/C12H17F3N4O/c1-20-6-5-17-11(19-16)18-8-9-3-2-4-10(7-9)12(13,14)15/h2-4,7H,5-6,8,16H2,1H3,(H2,17,18,19). The van der Waals surface area contributed by atoms with Crippen LogP contribution in [0.5, 0.6) is 0 Å². The summed E-state index contributed by atoms with van der Waals surface area (Å²) in [5, 5.41) is 2.85. The maximum Gasteiger partial charge on any atom is 0.416 e. The van der Waals surface area contributed by atoms with Crippen molar-refractivity contribution in [2.45, 2.75) is 12.7 Å². The first-order chi connectivity index (χ1) is 9.47. The number of rotatable bonds is 5. The van der Waals surface area contributed by atoms with Crippen LogP contribution in [0.25, 0.3) is 0 Å². The molecule has 5 nitrogen and oxygen atoms in total. The van der Waals surface area contributed by atoms with E-state index in [1.807, 2.05) is 0 Å². The van der Waals surface area contributed by atoms with Crippen LogP contribution in [0.2, 0.25) is 0 Å². The Morgan fingerprint density at radius 2 is 2.15 bits per heavy atom. The van der Waals surface area contributed by atoms with Crippen LogP contribution < -0.4 is 16.6 Å². The van der Waals surface area contributed by atoms with Gasteiger partial charge in [0.05, 0.1) is 18.7 Å². The zero-order valence-corrected chi connectivity index (χ0v) is 11.0. The number of halogens is 3. The summed E-state index contributed by atoms with van der Waals surface area (Å²) in [6.07, 6.45) is -4.36. The van der Waals surface area contributed by atoms with Gasteiger partial charge in [-0.2, -0.15) is 13.2 Å². The number of hydrogen-bond donors (Lipinski definition) is 3. The summed E-state index contributed by atoms with van der Waals surface area (Å²) in [5.41, 5.74) is 2.09. The van der Waals surface area contributed by atoms with Crippen LogP contribution >= 0.6 is 0 Å². The molecule has 4 N–H and O–H groups in total. The Morgan fingerprint density at radius 3 is 2.75 bits per heavy atom. The second kappa shape index (κ2) is 7.71. The van der Waals surface area contributed by atoms with Gasteiger partial charge in [0.15, 0.2) is 0 Å². The Hall–Kier alpha value is -1.80. The zero-order chi connectivity index (χ0) is 15.0. The third-order valence-corrected chi connectivity index (χ3v) is 2.41. The summed E-state index contributed by atoms with van der Waals surface area (Å²) in [5.74, 6) is 5.55. The van der Waals surface area contributed by atoms with E-state index in [2.05, 4.69) is 15.7 Å². The molecule has 0 unspecified atom stereocenters. The summed E-state index contributed by atoms with van der Waals surface area (Å²) in [6, 6.07) is 5.00. The third kappa shape index (κ3) is 5.45. The van der Waals surface area contributed by atoms with Crippen molar-refractivity contribution in [1.82, 2.24) is 10.7 Å². The Balaban J connectivity index is 2.67. The largest absolute Gasteiger partial charge is 0.416 e. The van der Waals surface area contributed by atoms with Crippen molar-refractivity contribution in [1.29, 1.82) is 0 Å². The van der Waals surface area contributed by atoms with Gasteiger partial charge < -0.3 is 10.1 Å². The van der Waals surface area contributed by atoms with Gasteiger partial charge in [0, 0.05) is 13.7 Å². The van der Waals surface area contributed by atoms with Gasteiger partial charge in [-0.3, -0.25) is 5.43 Å². The Bertz CT molecular complexity index is 449. The van der Waals surface area contributed by atoms with E-state index in [0.29, 0.717) is 24.7 Å². The summed E-state index contributed by atoms with van der Waals surface area (Å²) >= 11 is 0. The lowest BCUT2D eigenvalue weighted by Gasteiger charge is -2.10. The average molecular weight is 290 g/mol. The molecule has 0 aromatic heterocycles. The fraction of sp³-hybridized carbons (Fsp3) is 0.417. The first-order valence-corrected chi connectivity index (χ1v) is 5.87. The number of ether oxygens (including phenoxy) is 1. The van der Waals surface area contributed by atoms with E-state index in [1.165, 1.54) is 6.07 Å². The molecule has 0 aliphatic rings. The van der Waals surface area contributed by atoms with Gasteiger partial charge in [-0.15, -0.1) is 0 Å². The molecule has 20 heavy (non-hydrogen) atoms.